The highest BCUT2D eigenvalue weighted by atomic mass is 15.3. The lowest BCUT2D eigenvalue weighted by atomic mass is 9.93. The van der Waals surface area contributed by atoms with Crippen molar-refractivity contribution in [1.82, 2.24) is 29.5 Å². The molecule has 27 heavy (non-hydrogen) atoms. The van der Waals surface area contributed by atoms with Crippen molar-refractivity contribution in [2.24, 2.45) is 18.0 Å². The number of hydrogen-bond donors (Lipinski definition) is 1. The van der Waals surface area contributed by atoms with Crippen LogP contribution in [0.4, 0.5) is 0 Å². The maximum Gasteiger partial charge on any atom is 0.193 e. The van der Waals surface area contributed by atoms with Crippen molar-refractivity contribution in [1.29, 1.82) is 0 Å². The van der Waals surface area contributed by atoms with Crippen molar-refractivity contribution in [3.63, 3.8) is 0 Å². The van der Waals surface area contributed by atoms with Crippen molar-refractivity contribution >= 4 is 5.96 Å². The Kier molecular flexibility index (Phi) is 6.19. The minimum atomic E-state index is 0.438. The van der Waals surface area contributed by atoms with Crippen LogP contribution >= 0.6 is 0 Å². The topological polar surface area (TPSA) is 63.3 Å². The molecule has 0 aromatic carbocycles. The third-order valence-electron chi connectivity index (χ3n) is 5.74. The molecule has 1 fully saturated rings. The van der Waals surface area contributed by atoms with Gasteiger partial charge in [0.25, 0.3) is 0 Å². The van der Waals surface area contributed by atoms with E-state index in [4.69, 9.17) is 4.99 Å². The number of aryl methyl sites for hydroxylation is 2. The second kappa shape index (κ2) is 8.59. The molecule has 2 unspecified atom stereocenters. The first kappa shape index (κ1) is 19.5. The van der Waals surface area contributed by atoms with Gasteiger partial charge in [-0.25, -0.2) is 4.98 Å². The van der Waals surface area contributed by atoms with E-state index in [-0.39, 0.29) is 0 Å². The monoisotopic (exact) mass is 371 g/mol. The quantitative estimate of drug-likeness (QED) is 0.647. The summed E-state index contributed by atoms with van der Waals surface area (Å²) in [5, 5.41) is 8.00. The number of nitrogens with zero attached hydrogens (tertiary/aromatic N) is 6. The summed E-state index contributed by atoms with van der Waals surface area (Å²) in [4.78, 5) is 11.6. The second-order valence-electron chi connectivity index (χ2n) is 7.55. The largest absolute Gasteiger partial charge is 0.357 e. The van der Waals surface area contributed by atoms with E-state index in [9.17, 15) is 0 Å². The number of nitrogens with one attached hydrogen (secondary N) is 1. The predicted molar refractivity (Wildman–Crippen MR) is 109 cm³/mol. The summed E-state index contributed by atoms with van der Waals surface area (Å²) >= 11 is 0. The summed E-state index contributed by atoms with van der Waals surface area (Å²) < 4.78 is 4.20. The molecule has 7 nitrogen and oxygen atoms in total. The molecule has 7 heteroatoms. The van der Waals surface area contributed by atoms with E-state index in [1.165, 1.54) is 11.3 Å². The Bertz CT molecular complexity index is 760. The summed E-state index contributed by atoms with van der Waals surface area (Å²) in [7, 11) is 2.00. The van der Waals surface area contributed by atoms with E-state index >= 15 is 0 Å². The molecule has 2 aromatic rings. The average Bonchev–Trinajstić information content (AvgIpc) is 3.25. The van der Waals surface area contributed by atoms with Crippen molar-refractivity contribution < 1.29 is 0 Å². The number of imidazole rings is 1. The number of aliphatic imine (C=N–C) groups is 1. The molecule has 0 spiro atoms. The highest BCUT2D eigenvalue weighted by molar-refractivity contribution is 5.80. The third-order valence-corrected chi connectivity index (χ3v) is 5.74. The predicted octanol–water partition coefficient (Wildman–Crippen LogP) is 2.32. The van der Waals surface area contributed by atoms with Crippen molar-refractivity contribution in [3.05, 3.63) is 35.7 Å². The summed E-state index contributed by atoms with van der Waals surface area (Å²) in [6.07, 6.45) is 7.96. The Morgan fingerprint density at radius 1 is 1.37 bits per heavy atom. The molecule has 1 aliphatic heterocycles. The van der Waals surface area contributed by atoms with Gasteiger partial charge in [0.05, 0.1) is 18.1 Å². The molecule has 148 valence electrons. The Balaban J connectivity index is 1.69. The van der Waals surface area contributed by atoms with E-state index < -0.39 is 0 Å². The molecular weight excluding hydrogens is 338 g/mol. The van der Waals surface area contributed by atoms with Crippen LogP contribution in [0.3, 0.4) is 0 Å². The summed E-state index contributed by atoms with van der Waals surface area (Å²) in [6.45, 7) is 12.3. The standard InChI is InChI=1S/C20H33N7/c1-6-22-20(23-9-7-18-16(3)24-25(5)17(18)4)26-11-8-15(2)19(13-26)27-12-10-21-14-27/h10,12,14-15,19H,6-9,11,13H2,1-5H3,(H,22,23). The normalized spacial score (nSPS) is 20.9. The molecule has 3 rings (SSSR count). The van der Waals surface area contributed by atoms with Crippen molar-refractivity contribution in [3.8, 4) is 0 Å². The molecule has 0 aliphatic carbocycles. The maximum atomic E-state index is 4.93. The minimum absolute atomic E-state index is 0.438. The second-order valence-corrected chi connectivity index (χ2v) is 7.55. The first-order valence-electron chi connectivity index (χ1n) is 10.0. The van der Waals surface area contributed by atoms with Crippen LogP contribution in [0, 0.1) is 19.8 Å². The number of aromatic nitrogens is 4. The molecule has 0 bridgehead atoms. The van der Waals surface area contributed by atoms with Crippen LogP contribution in [0.5, 0.6) is 0 Å². The van der Waals surface area contributed by atoms with Crippen LogP contribution in [-0.2, 0) is 13.5 Å². The lowest BCUT2D eigenvalue weighted by molar-refractivity contribution is 0.189. The summed E-state index contributed by atoms with van der Waals surface area (Å²) in [6, 6.07) is 0.438. The van der Waals surface area contributed by atoms with Gasteiger partial charge in [0, 0.05) is 51.3 Å². The first-order chi connectivity index (χ1) is 13.0. The van der Waals surface area contributed by atoms with Crippen LogP contribution in [-0.4, -0.2) is 56.4 Å². The van der Waals surface area contributed by atoms with Gasteiger partial charge in [-0.15, -0.1) is 0 Å². The van der Waals surface area contributed by atoms with E-state index in [0.29, 0.717) is 12.0 Å². The van der Waals surface area contributed by atoms with Crippen LogP contribution in [0.1, 0.15) is 43.3 Å². The smallest absolute Gasteiger partial charge is 0.193 e. The molecule has 1 aliphatic rings. The number of piperidine rings is 1. The van der Waals surface area contributed by atoms with Gasteiger partial charge in [-0.1, -0.05) is 6.92 Å². The van der Waals surface area contributed by atoms with E-state index in [0.717, 1.165) is 50.7 Å². The van der Waals surface area contributed by atoms with Crippen molar-refractivity contribution in [2.75, 3.05) is 26.2 Å². The molecule has 3 heterocycles. The van der Waals surface area contributed by atoms with Gasteiger partial charge in [-0.2, -0.15) is 5.10 Å². The van der Waals surface area contributed by atoms with E-state index in [1.54, 1.807) is 0 Å². The molecule has 1 saturated heterocycles. The molecule has 0 saturated carbocycles. The van der Waals surface area contributed by atoms with Crippen LogP contribution in [0.15, 0.2) is 23.7 Å². The summed E-state index contributed by atoms with van der Waals surface area (Å²) in [5.41, 5.74) is 3.67. The zero-order valence-electron chi connectivity index (χ0n) is 17.3. The minimum Gasteiger partial charge on any atom is -0.357 e. The Labute approximate surface area is 162 Å². The number of hydrogen-bond acceptors (Lipinski definition) is 3. The zero-order valence-corrected chi connectivity index (χ0v) is 17.3. The van der Waals surface area contributed by atoms with Gasteiger partial charge >= 0.3 is 0 Å². The highest BCUT2D eigenvalue weighted by Gasteiger charge is 2.28. The molecule has 0 radical (unpaired) electrons. The fourth-order valence-corrected chi connectivity index (χ4v) is 3.97. The molecule has 1 N–H and O–H groups in total. The summed E-state index contributed by atoms with van der Waals surface area (Å²) in [5.74, 6) is 1.66. The molecule has 2 aromatic heterocycles. The molecule has 2 atom stereocenters. The SMILES string of the molecule is CCNC(=NCCc1c(C)nn(C)c1C)N1CCC(C)C(n2ccnc2)C1. The number of likely N-dealkylation sites (tertiary alicyclic amines) is 1. The third kappa shape index (κ3) is 4.34. The van der Waals surface area contributed by atoms with Crippen LogP contribution in [0.2, 0.25) is 0 Å². The lowest BCUT2D eigenvalue weighted by Crippen LogP contribution is -2.49. The van der Waals surface area contributed by atoms with Crippen LogP contribution in [0.25, 0.3) is 0 Å². The van der Waals surface area contributed by atoms with Gasteiger partial charge in [-0.05, 0) is 45.1 Å². The van der Waals surface area contributed by atoms with Gasteiger partial charge in [0.2, 0.25) is 0 Å². The number of rotatable bonds is 5. The molecular formula is C20H33N7. The maximum absolute atomic E-state index is 4.93. The Hall–Kier alpha value is -2.31. The molecule has 0 amide bonds. The van der Waals surface area contributed by atoms with Crippen LogP contribution < -0.4 is 5.32 Å². The average molecular weight is 372 g/mol. The van der Waals surface area contributed by atoms with Crippen molar-refractivity contribution in [2.45, 2.75) is 46.6 Å². The Morgan fingerprint density at radius 2 is 2.19 bits per heavy atom. The Morgan fingerprint density at radius 3 is 2.81 bits per heavy atom. The van der Waals surface area contributed by atoms with Gasteiger partial charge < -0.3 is 14.8 Å². The lowest BCUT2D eigenvalue weighted by Gasteiger charge is -2.39. The van der Waals surface area contributed by atoms with E-state index in [1.807, 2.05) is 24.3 Å². The highest BCUT2D eigenvalue weighted by Crippen LogP contribution is 2.27. The van der Waals surface area contributed by atoms with Gasteiger partial charge in [0.15, 0.2) is 5.96 Å². The van der Waals surface area contributed by atoms with Gasteiger partial charge in [-0.3, -0.25) is 9.67 Å². The number of guanidine groups is 1. The zero-order chi connectivity index (χ0) is 19.4. The van der Waals surface area contributed by atoms with E-state index in [2.05, 4.69) is 58.8 Å². The fraction of sp³-hybridized carbons (Fsp3) is 0.650. The van der Waals surface area contributed by atoms with Gasteiger partial charge in [0.1, 0.15) is 0 Å². The fourth-order valence-electron chi connectivity index (χ4n) is 3.97. The first-order valence-corrected chi connectivity index (χ1v) is 10.0.